The number of carbonyl (C=O) groups is 1. The van der Waals surface area contributed by atoms with Gasteiger partial charge < -0.3 is 4.74 Å². The molecule has 1 aliphatic rings. The van der Waals surface area contributed by atoms with Crippen LogP contribution in [-0.4, -0.2) is 12.4 Å². The van der Waals surface area contributed by atoms with Gasteiger partial charge in [-0.25, -0.2) is 4.39 Å². The molecule has 2 nitrogen and oxygen atoms in total. The highest BCUT2D eigenvalue weighted by molar-refractivity contribution is 9.10. The number of hydrogen-bond donors (Lipinski definition) is 0. The predicted molar refractivity (Wildman–Crippen MR) is 77.8 cm³/mol. The van der Waals surface area contributed by atoms with Gasteiger partial charge in [0.2, 0.25) is 0 Å². The zero-order valence-corrected chi connectivity index (χ0v) is 12.2. The van der Waals surface area contributed by atoms with Crippen molar-refractivity contribution in [3.05, 3.63) is 63.4 Å². The Labute approximate surface area is 124 Å². The third kappa shape index (κ3) is 2.24. The fraction of sp³-hybridized carbons (Fsp3) is 0.188. The Morgan fingerprint density at radius 3 is 2.75 bits per heavy atom. The van der Waals surface area contributed by atoms with Crippen molar-refractivity contribution in [2.75, 3.05) is 6.61 Å². The molecule has 0 unspecified atom stereocenters. The second-order valence-corrected chi connectivity index (χ2v) is 5.53. The van der Waals surface area contributed by atoms with Gasteiger partial charge in [-0.2, -0.15) is 0 Å². The van der Waals surface area contributed by atoms with Crippen LogP contribution in [0.15, 0.2) is 40.9 Å². The van der Waals surface area contributed by atoms with Crippen molar-refractivity contribution in [1.82, 2.24) is 0 Å². The van der Waals surface area contributed by atoms with Crippen molar-refractivity contribution < 1.29 is 13.9 Å². The number of para-hydroxylation sites is 1. The number of halogens is 2. The van der Waals surface area contributed by atoms with E-state index in [2.05, 4.69) is 15.9 Å². The quantitative estimate of drug-likeness (QED) is 0.771. The van der Waals surface area contributed by atoms with E-state index in [1.165, 1.54) is 6.07 Å². The Kier molecular flexibility index (Phi) is 3.57. The Morgan fingerprint density at radius 1 is 1.15 bits per heavy atom. The molecule has 0 amide bonds. The van der Waals surface area contributed by atoms with E-state index in [4.69, 9.17) is 4.74 Å². The van der Waals surface area contributed by atoms with Gasteiger partial charge >= 0.3 is 0 Å². The number of hydrogen-bond acceptors (Lipinski definition) is 2. The molecule has 0 aromatic heterocycles. The van der Waals surface area contributed by atoms with Gasteiger partial charge in [0.1, 0.15) is 11.6 Å². The number of ketones is 1. The normalized spacial score (nSPS) is 13.5. The topological polar surface area (TPSA) is 26.3 Å². The zero-order valence-electron chi connectivity index (χ0n) is 10.7. The molecule has 0 atom stereocenters. The average molecular weight is 335 g/mol. The number of benzene rings is 2. The zero-order chi connectivity index (χ0) is 14.1. The number of rotatable bonds is 2. The third-order valence-electron chi connectivity index (χ3n) is 3.37. The maximum Gasteiger partial charge on any atom is 0.199 e. The van der Waals surface area contributed by atoms with Gasteiger partial charge in [0.05, 0.1) is 22.2 Å². The summed E-state index contributed by atoms with van der Waals surface area (Å²) in [6, 6.07) is 10.2. The van der Waals surface area contributed by atoms with Crippen LogP contribution in [0.1, 0.15) is 27.9 Å². The van der Waals surface area contributed by atoms with E-state index in [0.717, 1.165) is 18.4 Å². The first-order valence-electron chi connectivity index (χ1n) is 6.42. The Morgan fingerprint density at radius 2 is 1.90 bits per heavy atom. The Balaban J connectivity index is 2.09. The van der Waals surface area contributed by atoms with Crippen LogP contribution in [0.3, 0.4) is 0 Å². The van der Waals surface area contributed by atoms with E-state index in [0.29, 0.717) is 17.9 Å². The maximum atomic E-state index is 14.1. The molecule has 0 saturated carbocycles. The average Bonchev–Trinajstić information content (AvgIpc) is 2.49. The molecule has 4 heteroatoms. The first-order valence-corrected chi connectivity index (χ1v) is 7.21. The SMILES string of the molecule is O=C(c1cccc(Br)c1F)c1cccc2c1OCCC2. The molecule has 0 saturated heterocycles. The lowest BCUT2D eigenvalue weighted by Gasteiger charge is -2.19. The molecule has 0 N–H and O–H groups in total. The van der Waals surface area contributed by atoms with E-state index >= 15 is 0 Å². The smallest absolute Gasteiger partial charge is 0.199 e. The van der Waals surface area contributed by atoms with Gasteiger partial charge in [0, 0.05) is 0 Å². The van der Waals surface area contributed by atoms with Crippen LogP contribution in [0.25, 0.3) is 0 Å². The largest absolute Gasteiger partial charge is 0.493 e. The second-order valence-electron chi connectivity index (χ2n) is 4.68. The molecule has 0 bridgehead atoms. The van der Waals surface area contributed by atoms with Crippen LogP contribution >= 0.6 is 15.9 Å². The van der Waals surface area contributed by atoms with Crippen molar-refractivity contribution in [3.63, 3.8) is 0 Å². The summed E-state index contributed by atoms with van der Waals surface area (Å²) >= 11 is 3.10. The van der Waals surface area contributed by atoms with Gasteiger partial charge in [-0.3, -0.25) is 4.79 Å². The highest BCUT2D eigenvalue weighted by Crippen LogP contribution is 2.31. The molecule has 20 heavy (non-hydrogen) atoms. The lowest BCUT2D eigenvalue weighted by Crippen LogP contribution is -2.14. The third-order valence-corrected chi connectivity index (χ3v) is 3.99. The molecule has 2 aromatic carbocycles. The van der Waals surface area contributed by atoms with Crippen molar-refractivity contribution in [1.29, 1.82) is 0 Å². The van der Waals surface area contributed by atoms with E-state index in [9.17, 15) is 9.18 Å². The van der Waals surface area contributed by atoms with Crippen molar-refractivity contribution >= 4 is 21.7 Å². The lowest BCUT2D eigenvalue weighted by molar-refractivity contribution is 0.103. The molecule has 102 valence electrons. The summed E-state index contributed by atoms with van der Waals surface area (Å²) in [4.78, 5) is 12.6. The summed E-state index contributed by atoms with van der Waals surface area (Å²) in [5, 5.41) is 0. The number of aryl methyl sites for hydroxylation is 1. The number of fused-ring (bicyclic) bond motifs is 1. The van der Waals surface area contributed by atoms with Crippen LogP contribution in [-0.2, 0) is 6.42 Å². The first-order chi connectivity index (χ1) is 9.68. The first kappa shape index (κ1) is 13.3. The molecule has 1 heterocycles. The molecule has 1 aliphatic heterocycles. The molecule has 3 rings (SSSR count). The molecule has 0 radical (unpaired) electrons. The minimum Gasteiger partial charge on any atom is -0.493 e. The van der Waals surface area contributed by atoms with E-state index in [1.54, 1.807) is 18.2 Å². The highest BCUT2D eigenvalue weighted by atomic mass is 79.9. The van der Waals surface area contributed by atoms with Crippen molar-refractivity contribution in [2.45, 2.75) is 12.8 Å². The van der Waals surface area contributed by atoms with Gasteiger partial charge in [-0.15, -0.1) is 0 Å². The highest BCUT2D eigenvalue weighted by Gasteiger charge is 2.22. The van der Waals surface area contributed by atoms with Gasteiger partial charge in [-0.1, -0.05) is 18.2 Å². The van der Waals surface area contributed by atoms with Crippen LogP contribution < -0.4 is 4.74 Å². The summed E-state index contributed by atoms with van der Waals surface area (Å²) < 4.78 is 20.0. The van der Waals surface area contributed by atoms with Gasteiger partial charge in [0.25, 0.3) is 0 Å². The standard InChI is InChI=1S/C16H12BrFO2/c17-13-8-2-6-11(14(13)18)15(19)12-7-1-4-10-5-3-9-20-16(10)12/h1-2,4,6-8H,3,5,9H2. The van der Waals surface area contributed by atoms with Crippen molar-refractivity contribution in [2.24, 2.45) is 0 Å². The van der Waals surface area contributed by atoms with Crippen LogP contribution in [0.5, 0.6) is 5.75 Å². The predicted octanol–water partition coefficient (Wildman–Crippen LogP) is 4.14. The summed E-state index contributed by atoms with van der Waals surface area (Å²) in [5.74, 6) is -0.281. The molecular formula is C16H12BrFO2. The van der Waals surface area contributed by atoms with Crippen LogP contribution in [0.4, 0.5) is 4.39 Å². The number of ether oxygens (including phenoxy) is 1. The lowest BCUT2D eigenvalue weighted by atomic mass is 9.96. The van der Waals surface area contributed by atoms with Gasteiger partial charge in [0.15, 0.2) is 5.78 Å². The van der Waals surface area contributed by atoms with E-state index in [-0.39, 0.29) is 15.8 Å². The van der Waals surface area contributed by atoms with Gasteiger partial charge in [-0.05, 0) is 52.5 Å². The fourth-order valence-electron chi connectivity index (χ4n) is 2.39. The maximum absolute atomic E-state index is 14.1. The molecule has 0 aliphatic carbocycles. The monoisotopic (exact) mass is 334 g/mol. The van der Waals surface area contributed by atoms with E-state index < -0.39 is 5.82 Å². The fourth-order valence-corrected chi connectivity index (χ4v) is 2.76. The second kappa shape index (κ2) is 5.37. The summed E-state index contributed by atoms with van der Waals surface area (Å²) in [6.45, 7) is 0.595. The minimum atomic E-state index is -0.536. The minimum absolute atomic E-state index is 0.0574. The number of carbonyl (C=O) groups excluding carboxylic acids is 1. The Bertz CT molecular complexity index is 682. The molecule has 0 spiro atoms. The van der Waals surface area contributed by atoms with E-state index in [1.807, 2.05) is 12.1 Å². The van der Waals surface area contributed by atoms with Crippen molar-refractivity contribution in [3.8, 4) is 5.75 Å². The summed E-state index contributed by atoms with van der Waals surface area (Å²) in [7, 11) is 0. The summed E-state index contributed by atoms with van der Waals surface area (Å²) in [5.41, 5.74) is 1.50. The van der Waals surface area contributed by atoms with Crippen LogP contribution in [0.2, 0.25) is 0 Å². The molecular weight excluding hydrogens is 323 g/mol. The van der Waals surface area contributed by atoms with Crippen LogP contribution in [0, 0.1) is 5.82 Å². The molecule has 2 aromatic rings. The summed E-state index contributed by atoms with van der Waals surface area (Å²) in [6.07, 6.45) is 1.83. The molecule has 0 fully saturated rings. The Hall–Kier alpha value is -1.68.